The summed E-state index contributed by atoms with van der Waals surface area (Å²) in [5.74, 6) is 1.97. The molecule has 2 aliphatic carbocycles. The third-order valence-electron chi connectivity index (χ3n) is 4.41. The first kappa shape index (κ1) is 10.3. The van der Waals surface area contributed by atoms with E-state index in [4.69, 9.17) is 0 Å². The summed E-state index contributed by atoms with van der Waals surface area (Å²) < 4.78 is 0. The van der Waals surface area contributed by atoms with E-state index in [0.717, 1.165) is 17.9 Å². The lowest BCUT2D eigenvalue weighted by Gasteiger charge is -2.27. The Bertz CT molecular complexity index is 349. The Labute approximate surface area is 97.5 Å². The number of rotatable bonds is 3. The molecule has 3 rings (SSSR count). The van der Waals surface area contributed by atoms with Crippen molar-refractivity contribution in [3.8, 4) is 0 Å². The van der Waals surface area contributed by atoms with E-state index in [-0.39, 0.29) is 0 Å². The first-order valence-electron chi connectivity index (χ1n) is 6.49. The van der Waals surface area contributed by atoms with E-state index in [9.17, 15) is 0 Å². The Kier molecular flexibility index (Phi) is 2.68. The molecular formula is C14H20N2. The third-order valence-corrected chi connectivity index (χ3v) is 4.41. The molecule has 0 radical (unpaired) electrons. The van der Waals surface area contributed by atoms with Crippen molar-refractivity contribution >= 4 is 0 Å². The Hall–Kier alpha value is -0.890. The standard InChI is InChI=1S/C14H20N2/c1-10(12-4-6-15-7-5-12)16-14-9-11-2-3-13(14)8-11/h4-7,10-11,13-14,16H,2-3,8-9H2,1H3/t10-,11?,13?,14?/m0/s1. The number of hydrogen-bond acceptors (Lipinski definition) is 2. The van der Waals surface area contributed by atoms with Gasteiger partial charge in [-0.15, -0.1) is 0 Å². The maximum atomic E-state index is 4.07. The van der Waals surface area contributed by atoms with Gasteiger partial charge in [0.2, 0.25) is 0 Å². The molecule has 2 heteroatoms. The van der Waals surface area contributed by atoms with Crippen LogP contribution in [0.5, 0.6) is 0 Å². The molecule has 3 unspecified atom stereocenters. The predicted molar refractivity (Wildman–Crippen MR) is 65.0 cm³/mol. The van der Waals surface area contributed by atoms with Gasteiger partial charge < -0.3 is 5.32 Å². The Morgan fingerprint density at radius 2 is 2.06 bits per heavy atom. The molecule has 1 aromatic rings. The summed E-state index contributed by atoms with van der Waals surface area (Å²) in [4.78, 5) is 4.07. The smallest absolute Gasteiger partial charge is 0.0295 e. The van der Waals surface area contributed by atoms with Gasteiger partial charge in [-0.25, -0.2) is 0 Å². The van der Waals surface area contributed by atoms with Crippen LogP contribution in [0.3, 0.4) is 0 Å². The van der Waals surface area contributed by atoms with Crippen LogP contribution in [0.15, 0.2) is 24.5 Å². The molecule has 1 aromatic heterocycles. The molecular weight excluding hydrogens is 196 g/mol. The van der Waals surface area contributed by atoms with Gasteiger partial charge in [-0.3, -0.25) is 4.98 Å². The monoisotopic (exact) mass is 216 g/mol. The molecule has 0 amide bonds. The number of pyridine rings is 1. The molecule has 0 spiro atoms. The molecule has 4 atom stereocenters. The average Bonchev–Trinajstić information content (AvgIpc) is 2.92. The maximum Gasteiger partial charge on any atom is 0.0295 e. The molecule has 2 nitrogen and oxygen atoms in total. The molecule has 86 valence electrons. The van der Waals surface area contributed by atoms with Crippen molar-refractivity contribution in [2.45, 2.75) is 44.7 Å². The SMILES string of the molecule is C[C@H](NC1CC2CCC1C2)c1ccncc1. The van der Waals surface area contributed by atoms with E-state index in [1.54, 1.807) is 0 Å². The van der Waals surface area contributed by atoms with Crippen molar-refractivity contribution in [1.29, 1.82) is 0 Å². The van der Waals surface area contributed by atoms with E-state index >= 15 is 0 Å². The number of nitrogens with one attached hydrogen (secondary N) is 1. The van der Waals surface area contributed by atoms with Crippen LogP contribution in [0, 0.1) is 11.8 Å². The molecule has 1 N–H and O–H groups in total. The lowest BCUT2D eigenvalue weighted by atomic mass is 9.94. The molecule has 2 saturated carbocycles. The van der Waals surface area contributed by atoms with Gasteiger partial charge in [-0.2, -0.15) is 0 Å². The van der Waals surface area contributed by atoms with E-state index in [1.165, 1.54) is 31.2 Å². The summed E-state index contributed by atoms with van der Waals surface area (Å²) in [6.45, 7) is 2.27. The van der Waals surface area contributed by atoms with Crippen molar-refractivity contribution in [3.63, 3.8) is 0 Å². The largest absolute Gasteiger partial charge is 0.307 e. The lowest BCUT2D eigenvalue weighted by molar-refractivity contribution is 0.327. The number of nitrogens with zero attached hydrogens (tertiary/aromatic N) is 1. The summed E-state index contributed by atoms with van der Waals surface area (Å²) in [6.07, 6.45) is 9.57. The van der Waals surface area contributed by atoms with Gasteiger partial charge in [-0.05, 0) is 55.7 Å². The van der Waals surface area contributed by atoms with Gasteiger partial charge in [0.05, 0.1) is 0 Å². The molecule has 2 bridgehead atoms. The summed E-state index contributed by atoms with van der Waals surface area (Å²) >= 11 is 0. The topological polar surface area (TPSA) is 24.9 Å². The summed E-state index contributed by atoms with van der Waals surface area (Å²) in [7, 11) is 0. The van der Waals surface area contributed by atoms with Crippen LogP contribution in [0.25, 0.3) is 0 Å². The predicted octanol–water partition coefficient (Wildman–Crippen LogP) is 2.92. The van der Waals surface area contributed by atoms with Gasteiger partial charge in [0.1, 0.15) is 0 Å². The van der Waals surface area contributed by atoms with Gasteiger partial charge in [0, 0.05) is 24.5 Å². The molecule has 2 aliphatic rings. The summed E-state index contributed by atoms with van der Waals surface area (Å²) in [5, 5.41) is 3.80. The van der Waals surface area contributed by atoms with Crippen LogP contribution in [0.2, 0.25) is 0 Å². The van der Waals surface area contributed by atoms with E-state index < -0.39 is 0 Å². The zero-order valence-electron chi connectivity index (χ0n) is 9.89. The number of fused-ring (bicyclic) bond motifs is 2. The van der Waals surface area contributed by atoms with E-state index in [2.05, 4.69) is 29.4 Å². The second kappa shape index (κ2) is 4.17. The minimum absolute atomic E-state index is 0.465. The molecule has 0 aliphatic heterocycles. The maximum absolute atomic E-state index is 4.07. The van der Waals surface area contributed by atoms with Crippen molar-refractivity contribution in [2.24, 2.45) is 11.8 Å². The van der Waals surface area contributed by atoms with Crippen LogP contribution in [0.1, 0.15) is 44.2 Å². The minimum atomic E-state index is 0.465. The molecule has 16 heavy (non-hydrogen) atoms. The van der Waals surface area contributed by atoms with E-state index in [0.29, 0.717) is 6.04 Å². The first-order valence-corrected chi connectivity index (χ1v) is 6.49. The Morgan fingerprint density at radius 1 is 1.25 bits per heavy atom. The minimum Gasteiger partial charge on any atom is -0.307 e. The summed E-state index contributed by atoms with van der Waals surface area (Å²) in [6, 6.07) is 5.46. The van der Waals surface area contributed by atoms with Crippen LogP contribution in [-0.4, -0.2) is 11.0 Å². The van der Waals surface area contributed by atoms with Crippen molar-refractivity contribution in [3.05, 3.63) is 30.1 Å². The molecule has 2 fully saturated rings. The fraction of sp³-hybridized carbons (Fsp3) is 0.643. The van der Waals surface area contributed by atoms with E-state index in [1.807, 2.05) is 12.4 Å². The highest BCUT2D eigenvalue weighted by Crippen LogP contribution is 2.45. The van der Waals surface area contributed by atoms with Gasteiger partial charge in [0.25, 0.3) is 0 Å². The fourth-order valence-corrected chi connectivity index (χ4v) is 3.52. The molecule has 0 aromatic carbocycles. The van der Waals surface area contributed by atoms with Crippen molar-refractivity contribution < 1.29 is 0 Å². The third kappa shape index (κ3) is 1.86. The highest BCUT2D eigenvalue weighted by Gasteiger charge is 2.39. The Morgan fingerprint density at radius 3 is 2.69 bits per heavy atom. The quantitative estimate of drug-likeness (QED) is 0.840. The van der Waals surface area contributed by atoms with Gasteiger partial charge >= 0.3 is 0 Å². The van der Waals surface area contributed by atoms with Gasteiger partial charge in [-0.1, -0.05) is 6.42 Å². The number of hydrogen-bond donors (Lipinski definition) is 1. The highest BCUT2D eigenvalue weighted by atomic mass is 15.0. The van der Waals surface area contributed by atoms with Crippen LogP contribution in [0.4, 0.5) is 0 Å². The van der Waals surface area contributed by atoms with Gasteiger partial charge in [0.15, 0.2) is 0 Å². The molecule has 0 saturated heterocycles. The van der Waals surface area contributed by atoms with Crippen molar-refractivity contribution in [2.75, 3.05) is 0 Å². The van der Waals surface area contributed by atoms with Crippen LogP contribution < -0.4 is 5.32 Å². The first-order chi connectivity index (χ1) is 7.83. The average molecular weight is 216 g/mol. The second-order valence-corrected chi connectivity index (χ2v) is 5.45. The second-order valence-electron chi connectivity index (χ2n) is 5.45. The summed E-state index contributed by atoms with van der Waals surface area (Å²) in [5.41, 5.74) is 1.36. The van der Waals surface area contributed by atoms with Crippen LogP contribution in [-0.2, 0) is 0 Å². The normalized spacial score (nSPS) is 34.2. The number of aromatic nitrogens is 1. The fourth-order valence-electron chi connectivity index (χ4n) is 3.52. The van der Waals surface area contributed by atoms with Crippen LogP contribution >= 0.6 is 0 Å². The van der Waals surface area contributed by atoms with Crippen molar-refractivity contribution in [1.82, 2.24) is 10.3 Å². The zero-order valence-corrected chi connectivity index (χ0v) is 9.89. The zero-order chi connectivity index (χ0) is 11.0. The Balaban J connectivity index is 1.63. The lowest BCUT2D eigenvalue weighted by Crippen LogP contribution is -2.35. The molecule has 1 heterocycles. The highest BCUT2D eigenvalue weighted by molar-refractivity contribution is 5.14.